The maximum Gasteiger partial charge on any atom is 0.264 e. The van der Waals surface area contributed by atoms with E-state index in [0.29, 0.717) is 37.1 Å². The highest BCUT2D eigenvalue weighted by atomic mass is 32.2. The molecular formula is C22H27FN2O4S. The van der Waals surface area contributed by atoms with Crippen LogP contribution in [0.5, 0.6) is 5.75 Å². The minimum atomic E-state index is -4.06. The van der Waals surface area contributed by atoms with Gasteiger partial charge in [0.25, 0.3) is 10.0 Å². The number of anilines is 1. The molecule has 30 heavy (non-hydrogen) atoms. The summed E-state index contributed by atoms with van der Waals surface area (Å²) in [5, 5.41) is 0. The lowest BCUT2D eigenvalue weighted by atomic mass is 10.0. The van der Waals surface area contributed by atoms with E-state index in [2.05, 4.69) is 6.92 Å². The van der Waals surface area contributed by atoms with Crippen molar-refractivity contribution in [1.82, 2.24) is 4.90 Å². The first-order valence-corrected chi connectivity index (χ1v) is 11.5. The lowest BCUT2D eigenvalue weighted by molar-refractivity contribution is -0.131. The molecule has 1 atom stereocenters. The van der Waals surface area contributed by atoms with Gasteiger partial charge in [-0.2, -0.15) is 0 Å². The van der Waals surface area contributed by atoms with Crippen LogP contribution in [-0.4, -0.2) is 45.5 Å². The molecule has 2 aromatic carbocycles. The highest BCUT2D eigenvalue weighted by Gasteiger charge is 2.30. The topological polar surface area (TPSA) is 66.9 Å². The summed E-state index contributed by atoms with van der Waals surface area (Å²) in [5.74, 6) is 0.216. The van der Waals surface area contributed by atoms with Crippen LogP contribution in [0.4, 0.5) is 10.1 Å². The van der Waals surface area contributed by atoms with Crippen molar-refractivity contribution in [1.29, 1.82) is 0 Å². The Kier molecular flexibility index (Phi) is 6.97. The zero-order valence-electron chi connectivity index (χ0n) is 17.3. The zero-order valence-corrected chi connectivity index (χ0v) is 18.1. The summed E-state index contributed by atoms with van der Waals surface area (Å²) in [6, 6.07) is 11.2. The third kappa shape index (κ3) is 5.11. The maximum absolute atomic E-state index is 13.3. The number of nitrogens with zero attached hydrogens (tertiary/aromatic N) is 2. The maximum atomic E-state index is 13.3. The number of rotatable bonds is 7. The largest absolute Gasteiger partial charge is 0.494 e. The molecule has 3 rings (SSSR count). The molecule has 1 aliphatic rings. The van der Waals surface area contributed by atoms with E-state index in [1.54, 1.807) is 29.2 Å². The molecule has 6 nitrogen and oxygen atoms in total. The quantitative estimate of drug-likeness (QED) is 0.667. The van der Waals surface area contributed by atoms with Gasteiger partial charge in [-0.15, -0.1) is 0 Å². The van der Waals surface area contributed by atoms with Crippen molar-refractivity contribution in [2.24, 2.45) is 5.92 Å². The van der Waals surface area contributed by atoms with Gasteiger partial charge in [0.05, 0.1) is 17.2 Å². The molecular weight excluding hydrogens is 407 g/mol. The van der Waals surface area contributed by atoms with E-state index in [0.717, 1.165) is 29.3 Å². The number of piperidine rings is 1. The average molecular weight is 435 g/mol. The van der Waals surface area contributed by atoms with E-state index in [1.165, 1.54) is 12.1 Å². The van der Waals surface area contributed by atoms with E-state index in [1.807, 2.05) is 6.92 Å². The summed E-state index contributed by atoms with van der Waals surface area (Å²) in [7, 11) is -4.06. The molecule has 0 saturated carbocycles. The van der Waals surface area contributed by atoms with Crippen LogP contribution in [0.15, 0.2) is 53.4 Å². The Morgan fingerprint density at radius 2 is 1.83 bits per heavy atom. The van der Waals surface area contributed by atoms with Crippen LogP contribution in [-0.2, 0) is 14.8 Å². The fraction of sp³-hybridized carbons (Fsp3) is 0.409. The van der Waals surface area contributed by atoms with Crippen LogP contribution in [0.25, 0.3) is 0 Å². The van der Waals surface area contributed by atoms with E-state index in [9.17, 15) is 17.6 Å². The summed E-state index contributed by atoms with van der Waals surface area (Å²) in [6.45, 7) is 5.35. The third-order valence-corrected chi connectivity index (χ3v) is 6.91. The highest BCUT2D eigenvalue weighted by molar-refractivity contribution is 7.92. The Hall–Kier alpha value is -2.61. The van der Waals surface area contributed by atoms with Crippen LogP contribution in [0.3, 0.4) is 0 Å². The molecule has 0 aliphatic carbocycles. The molecule has 1 heterocycles. The van der Waals surface area contributed by atoms with Crippen molar-refractivity contribution in [3.63, 3.8) is 0 Å². The van der Waals surface area contributed by atoms with Gasteiger partial charge in [0.15, 0.2) is 0 Å². The second kappa shape index (κ2) is 9.47. The van der Waals surface area contributed by atoms with Gasteiger partial charge in [-0.3, -0.25) is 9.10 Å². The first-order chi connectivity index (χ1) is 14.3. The Balaban J connectivity index is 1.93. The molecule has 1 fully saturated rings. The van der Waals surface area contributed by atoms with Crippen LogP contribution in [0.2, 0.25) is 0 Å². The Bertz CT molecular complexity index is 962. The number of hydrogen-bond donors (Lipinski definition) is 0. The van der Waals surface area contributed by atoms with Crippen LogP contribution in [0.1, 0.15) is 26.7 Å². The van der Waals surface area contributed by atoms with E-state index >= 15 is 0 Å². The van der Waals surface area contributed by atoms with Gasteiger partial charge in [0.1, 0.15) is 18.1 Å². The number of amides is 1. The monoisotopic (exact) mass is 434 g/mol. The van der Waals surface area contributed by atoms with Gasteiger partial charge in [0, 0.05) is 13.1 Å². The fourth-order valence-electron chi connectivity index (χ4n) is 3.56. The summed E-state index contributed by atoms with van der Waals surface area (Å²) < 4.78 is 46.5. The number of halogens is 1. The SMILES string of the molecule is CCOc1ccc(N(CC(=O)N2CCC[C@@H](C)C2)S(=O)(=O)c2ccc(F)cc2)cc1. The van der Waals surface area contributed by atoms with Crippen molar-refractivity contribution in [3.8, 4) is 5.75 Å². The minimum Gasteiger partial charge on any atom is -0.494 e. The molecule has 1 amide bonds. The van der Waals surface area contributed by atoms with Crippen molar-refractivity contribution in [2.45, 2.75) is 31.6 Å². The smallest absolute Gasteiger partial charge is 0.264 e. The minimum absolute atomic E-state index is 0.0717. The van der Waals surface area contributed by atoms with Gasteiger partial charge < -0.3 is 9.64 Å². The number of likely N-dealkylation sites (tertiary alicyclic amines) is 1. The van der Waals surface area contributed by atoms with Gasteiger partial charge in [-0.1, -0.05) is 6.92 Å². The molecule has 162 valence electrons. The van der Waals surface area contributed by atoms with Crippen molar-refractivity contribution in [3.05, 3.63) is 54.3 Å². The van der Waals surface area contributed by atoms with Gasteiger partial charge in [0.2, 0.25) is 5.91 Å². The summed E-state index contributed by atoms with van der Waals surface area (Å²) >= 11 is 0. The fourth-order valence-corrected chi connectivity index (χ4v) is 4.98. The first-order valence-electron chi connectivity index (χ1n) is 10.1. The molecule has 0 bridgehead atoms. The number of ether oxygens (including phenoxy) is 1. The summed E-state index contributed by atoms with van der Waals surface area (Å²) in [5.41, 5.74) is 0.348. The first kappa shape index (κ1) is 22.1. The predicted octanol–water partition coefficient (Wildman–Crippen LogP) is 3.68. The van der Waals surface area contributed by atoms with Crippen molar-refractivity contribution >= 4 is 21.6 Å². The van der Waals surface area contributed by atoms with Crippen LogP contribution >= 0.6 is 0 Å². The molecule has 0 spiro atoms. The van der Waals surface area contributed by atoms with Crippen LogP contribution in [0, 0.1) is 11.7 Å². The molecule has 2 aromatic rings. The zero-order chi connectivity index (χ0) is 21.7. The Morgan fingerprint density at radius 3 is 2.43 bits per heavy atom. The number of benzene rings is 2. The van der Waals surface area contributed by atoms with Crippen molar-refractivity contribution in [2.75, 3.05) is 30.5 Å². The lowest BCUT2D eigenvalue weighted by Crippen LogP contribution is -2.46. The third-order valence-electron chi connectivity index (χ3n) is 5.13. The molecule has 0 N–H and O–H groups in total. The normalized spacial score (nSPS) is 16.9. The Morgan fingerprint density at radius 1 is 1.17 bits per heavy atom. The summed E-state index contributed by atoms with van der Waals surface area (Å²) in [4.78, 5) is 14.6. The number of carbonyl (C=O) groups is 1. The van der Waals surface area contributed by atoms with Crippen molar-refractivity contribution < 1.29 is 22.3 Å². The van der Waals surface area contributed by atoms with Gasteiger partial charge in [-0.05, 0) is 74.2 Å². The van der Waals surface area contributed by atoms with Crippen LogP contribution < -0.4 is 9.04 Å². The standard InChI is InChI=1S/C22H27FN2O4S/c1-3-29-20-10-8-19(9-11-20)25(16-22(26)24-14-4-5-17(2)15-24)30(27,28)21-12-6-18(23)7-13-21/h6-13,17H,3-5,14-16H2,1-2H3/t17-/m1/s1. The van der Waals surface area contributed by atoms with E-state index in [-0.39, 0.29) is 17.3 Å². The summed E-state index contributed by atoms with van der Waals surface area (Å²) in [6.07, 6.45) is 1.96. The number of carbonyl (C=O) groups excluding carboxylic acids is 1. The second-order valence-corrected chi connectivity index (χ2v) is 9.34. The van der Waals surface area contributed by atoms with Gasteiger partial charge in [-0.25, -0.2) is 12.8 Å². The average Bonchev–Trinajstić information content (AvgIpc) is 2.73. The lowest BCUT2D eigenvalue weighted by Gasteiger charge is -2.33. The molecule has 0 unspecified atom stereocenters. The Labute approximate surface area is 177 Å². The number of sulfonamides is 1. The van der Waals surface area contributed by atoms with E-state index in [4.69, 9.17) is 4.74 Å². The predicted molar refractivity (Wildman–Crippen MR) is 114 cm³/mol. The number of hydrogen-bond acceptors (Lipinski definition) is 4. The molecule has 0 radical (unpaired) electrons. The second-order valence-electron chi connectivity index (χ2n) is 7.48. The van der Waals surface area contributed by atoms with E-state index < -0.39 is 15.8 Å². The molecule has 0 aromatic heterocycles. The highest BCUT2D eigenvalue weighted by Crippen LogP contribution is 2.27. The molecule has 8 heteroatoms. The molecule has 1 saturated heterocycles. The van der Waals surface area contributed by atoms with Gasteiger partial charge >= 0.3 is 0 Å². The molecule has 1 aliphatic heterocycles.